The lowest BCUT2D eigenvalue weighted by molar-refractivity contribution is -0.0353. The minimum Gasteiger partial charge on any atom is -0.444 e. The first-order valence-corrected chi connectivity index (χ1v) is 9.62. The number of carbonyl (C=O) groups excluding carboxylic acids is 2. The van der Waals surface area contributed by atoms with Crippen LogP contribution >= 0.6 is 0 Å². The van der Waals surface area contributed by atoms with Gasteiger partial charge in [-0.1, -0.05) is 13.8 Å². The second kappa shape index (κ2) is 6.89. The fourth-order valence-electron chi connectivity index (χ4n) is 3.32. The van der Waals surface area contributed by atoms with Crippen molar-refractivity contribution in [2.45, 2.75) is 77.5 Å². The van der Waals surface area contributed by atoms with Crippen molar-refractivity contribution in [1.82, 2.24) is 15.5 Å². The summed E-state index contributed by atoms with van der Waals surface area (Å²) >= 11 is 0. The molecule has 1 amide bonds. The summed E-state index contributed by atoms with van der Waals surface area (Å²) in [5, 5.41) is 21.5. The van der Waals surface area contributed by atoms with Gasteiger partial charge < -0.3 is 19.6 Å². The van der Waals surface area contributed by atoms with Gasteiger partial charge in [0.1, 0.15) is 17.2 Å². The van der Waals surface area contributed by atoms with E-state index >= 15 is 0 Å². The van der Waals surface area contributed by atoms with Gasteiger partial charge in [0.2, 0.25) is 11.7 Å². The monoisotopic (exact) mass is 379 g/mol. The van der Waals surface area contributed by atoms with Gasteiger partial charge in [-0.3, -0.25) is 4.79 Å². The summed E-state index contributed by atoms with van der Waals surface area (Å²) in [7, 11) is 0. The van der Waals surface area contributed by atoms with Crippen LogP contribution in [0.15, 0.2) is 4.42 Å². The molecule has 2 aliphatic carbocycles. The molecule has 0 radical (unpaired) electrons. The molecule has 0 aliphatic heterocycles. The molecule has 150 valence electrons. The molecule has 2 saturated carbocycles. The normalized spacial score (nSPS) is 19.1. The van der Waals surface area contributed by atoms with Crippen LogP contribution in [-0.2, 0) is 10.3 Å². The van der Waals surface area contributed by atoms with Gasteiger partial charge in [0, 0.05) is 0 Å². The average Bonchev–Trinajstić information content (AvgIpc) is 3.46. The maximum absolute atomic E-state index is 12.9. The minimum absolute atomic E-state index is 0.120. The van der Waals surface area contributed by atoms with Crippen molar-refractivity contribution in [2.75, 3.05) is 0 Å². The molecular weight excluding hydrogens is 350 g/mol. The fourth-order valence-corrected chi connectivity index (χ4v) is 3.32. The molecule has 8 heteroatoms. The fraction of sp³-hybridized carbons (Fsp3) is 0.789. The number of hydrogen-bond acceptors (Lipinski definition) is 7. The first-order chi connectivity index (χ1) is 12.5. The van der Waals surface area contributed by atoms with Gasteiger partial charge in [-0.05, 0) is 64.2 Å². The van der Waals surface area contributed by atoms with Gasteiger partial charge in [-0.25, -0.2) is 4.79 Å². The summed E-state index contributed by atoms with van der Waals surface area (Å²) in [6.45, 7) is 8.86. The Labute approximate surface area is 159 Å². The van der Waals surface area contributed by atoms with Gasteiger partial charge >= 0.3 is 6.09 Å². The number of aliphatic hydroxyl groups is 1. The molecule has 1 atom stereocenters. The van der Waals surface area contributed by atoms with Crippen molar-refractivity contribution in [1.29, 1.82) is 0 Å². The van der Waals surface area contributed by atoms with Crippen LogP contribution in [0, 0.1) is 17.8 Å². The van der Waals surface area contributed by atoms with E-state index in [9.17, 15) is 14.7 Å². The number of hydrogen-bond donors (Lipinski definition) is 2. The number of aromatic nitrogens is 2. The van der Waals surface area contributed by atoms with Crippen LogP contribution in [0.3, 0.4) is 0 Å². The Bertz CT molecular complexity index is 701. The van der Waals surface area contributed by atoms with Gasteiger partial charge in [0.15, 0.2) is 0 Å². The standard InChI is InChI=1S/C19H29N3O5/c1-10(2)13(20-17(24)27-18(3,4)5)14(23)15-21-22-16(26-15)19(25,11-6-7-11)12-8-9-12/h10-13,25H,6-9H2,1-5H3,(H,20,24). The van der Waals surface area contributed by atoms with Gasteiger partial charge in [-0.2, -0.15) is 0 Å². The first-order valence-electron chi connectivity index (χ1n) is 9.62. The number of carbonyl (C=O) groups is 2. The number of nitrogens with one attached hydrogen (secondary N) is 1. The Morgan fingerprint density at radius 3 is 2.15 bits per heavy atom. The van der Waals surface area contributed by atoms with E-state index in [1.165, 1.54) is 0 Å². The molecule has 0 spiro atoms. The van der Waals surface area contributed by atoms with E-state index in [1.54, 1.807) is 20.8 Å². The highest BCUT2D eigenvalue weighted by molar-refractivity contribution is 5.98. The van der Waals surface area contributed by atoms with E-state index in [0.29, 0.717) is 0 Å². The van der Waals surface area contributed by atoms with Crippen LogP contribution in [0.25, 0.3) is 0 Å². The summed E-state index contributed by atoms with van der Waals surface area (Å²) in [6.07, 6.45) is 3.02. The number of amides is 1. The Morgan fingerprint density at radius 1 is 1.15 bits per heavy atom. The maximum atomic E-state index is 12.9. The van der Waals surface area contributed by atoms with E-state index < -0.39 is 29.1 Å². The predicted octanol–water partition coefficient (Wildman–Crippen LogP) is 2.81. The minimum atomic E-state index is -1.13. The summed E-state index contributed by atoms with van der Waals surface area (Å²) in [5.41, 5.74) is -1.80. The number of ketones is 1. The van der Waals surface area contributed by atoms with Crippen molar-refractivity contribution in [3.05, 3.63) is 11.8 Å². The van der Waals surface area contributed by atoms with Crippen molar-refractivity contribution in [3.63, 3.8) is 0 Å². The molecule has 1 unspecified atom stereocenters. The van der Waals surface area contributed by atoms with E-state index in [1.807, 2.05) is 13.8 Å². The van der Waals surface area contributed by atoms with E-state index in [0.717, 1.165) is 25.7 Å². The number of Topliss-reactive ketones (excluding diaryl/α,β-unsaturated/α-hetero) is 1. The molecule has 27 heavy (non-hydrogen) atoms. The van der Waals surface area contributed by atoms with E-state index in [-0.39, 0.29) is 29.5 Å². The molecule has 2 aliphatic rings. The highest BCUT2D eigenvalue weighted by Gasteiger charge is 2.57. The average molecular weight is 379 g/mol. The molecule has 8 nitrogen and oxygen atoms in total. The molecule has 0 bridgehead atoms. The third-order valence-electron chi connectivity index (χ3n) is 5.00. The van der Waals surface area contributed by atoms with Gasteiger partial charge in [0.05, 0.1) is 0 Å². The third kappa shape index (κ3) is 4.31. The van der Waals surface area contributed by atoms with Crippen LogP contribution in [-0.4, -0.2) is 38.8 Å². The summed E-state index contributed by atoms with van der Waals surface area (Å²) in [6, 6.07) is -0.858. The van der Waals surface area contributed by atoms with Crippen LogP contribution in [0.5, 0.6) is 0 Å². The molecular formula is C19H29N3O5. The molecule has 1 aromatic heterocycles. The second-order valence-electron chi connectivity index (χ2n) is 9.02. The van der Waals surface area contributed by atoms with E-state index in [2.05, 4.69) is 15.5 Å². The number of nitrogens with zero attached hydrogens (tertiary/aromatic N) is 2. The summed E-state index contributed by atoms with van der Waals surface area (Å²) < 4.78 is 10.8. The zero-order valence-corrected chi connectivity index (χ0v) is 16.6. The van der Waals surface area contributed by atoms with Crippen molar-refractivity contribution in [2.24, 2.45) is 17.8 Å². The molecule has 1 aromatic rings. The van der Waals surface area contributed by atoms with Gasteiger partial charge in [-0.15, -0.1) is 10.2 Å². The van der Waals surface area contributed by atoms with E-state index in [4.69, 9.17) is 9.15 Å². The number of alkyl carbamates (subject to hydrolysis) is 1. The topological polar surface area (TPSA) is 115 Å². The smallest absolute Gasteiger partial charge is 0.408 e. The maximum Gasteiger partial charge on any atom is 0.408 e. The van der Waals surface area contributed by atoms with Crippen molar-refractivity contribution < 1.29 is 23.8 Å². The summed E-state index contributed by atoms with van der Waals surface area (Å²) in [5.74, 6) is -0.520. The molecule has 1 heterocycles. The lowest BCUT2D eigenvalue weighted by atomic mass is 9.92. The second-order valence-corrected chi connectivity index (χ2v) is 9.02. The Hall–Kier alpha value is -1.96. The highest BCUT2D eigenvalue weighted by atomic mass is 16.6. The molecule has 0 saturated heterocycles. The van der Waals surface area contributed by atoms with Gasteiger partial charge in [0.25, 0.3) is 5.89 Å². The highest BCUT2D eigenvalue weighted by Crippen LogP contribution is 2.57. The predicted molar refractivity (Wildman–Crippen MR) is 96.0 cm³/mol. The summed E-state index contributed by atoms with van der Waals surface area (Å²) in [4.78, 5) is 24.9. The Morgan fingerprint density at radius 2 is 1.70 bits per heavy atom. The van der Waals surface area contributed by atoms with Crippen LogP contribution in [0.1, 0.15) is 76.9 Å². The first kappa shape index (κ1) is 19.8. The zero-order valence-electron chi connectivity index (χ0n) is 16.6. The Balaban J connectivity index is 1.75. The number of rotatable bonds is 7. The largest absolute Gasteiger partial charge is 0.444 e. The number of ether oxygens (including phenoxy) is 1. The van der Waals surface area contributed by atoms with Crippen molar-refractivity contribution >= 4 is 11.9 Å². The molecule has 2 fully saturated rings. The molecule has 3 rings (SSSR count). The quantitative estimate of drug-likeness (QED) is 0.700. The molecule has 2 N–H and O–H groups in total. The molecule has 0 aromatic carbocycles. The van der Waals surface area contributed by atoms with Crippen molar-refractivity contribution in [3.8, 4) is 0 Å². The Kier molecular flexibility index (Phi) is 5.05. The van der Waals surface area contributed by atoms with Crippen LogP contribution < -0.4 is 5.32 Å². The van der Waals surface area contributed by atoms with Crippen LogP contribution in [0.2, 0.25) is 0 Å². The lowest BCUT2D eigenvalue weighted by Gasteiger charge is -2.24. The third-order valence-corrected chi connectivity index (χ3v) is 5.00. The lowest BCUT2D eigenvalue weighted by Crippen LogP contribution is -2.46. The zero-order chi connectivity index (χ0) is 20.0. The SMILES string of the molecule is CC(C)C(NC(=O)OC(C)(C)C)C(=O)c1nnc(C(O)(C2CC2)C2CC2)o1. The van der Waals surface area contributed by atoms with Crippen LogP contribution in [0.4, 0.5) is 4.79 Å².